The Balaban J connectivity index is 1.68. The SMILES string of the molecule is CC(C)(C)OC(=O)NCCCN1CCN(c2ccccc2C#N)CC1. The van der Waals surface area contributed by atoms with E-state index in [0.29, 0.717) is 6.54 Å². The van der Waals surface area contributed by atoms with Gasteiger partial charge in [0.2, 0.25) is 0 Å². The summed E-state index contributed by atoms with van der Waals surface area (Å²) in [7, 11) is 0. The van der Waals surface area contributed by atoms with Crippen molar-refractivity contribution in [1.29, 1.82) is 5.26 Å². The predicted octanol–water partition coefficient (Wildman–Crippen LogP) is 2.60. The number of nitrogens with zero attached hydrogens (tertiary/aromatic N) is 3. The lowest BCUT2D eigenvalue weighted by atomic mass is 10.1. The van der Waals surface area contributed by atoms with Crippen molar-refractivity contribution in [2.75, 3.05) is 44.2 Å². The second-order valence-electron chi connectivity index (χ2n) is 7.24. The molecule has 1 heterocycles. The Labute approximate surface area is 150 Å². The molecular formula is C19H28N4O2. The van der Waals surface area contributed by atoms with Crippen LogP contribution in [0.2, 0.25) is 0 Å². The van der Waals surface area contributed by atoms with Gasteiger partial charge < -0.3 is 15.0 Å². The molecular weight excluding hydrogens is 316 g/mol. The van der Waals surface area contributed by atoms with Gasteiger partial charge in [0.15, 0.2) is 0 Å². The zero-order valence-corrected chi connectivity index (χ0v) is 15.4. The molecule has 0 radical (unpaired) electrons. The van der Waals surface area contributed by atoms with Crippen molar-refractivity contribution in [3.8, 4) is 6.07 Å². The third-order valence-electron chi connectivity index (χ3n) is 4.06. The summed E-state index contributed by atoms with van der Waals surface area (Å²) in [5.41, 5.74) is 1.30. The number of hydrogen-bond acceptors (Lipinski definition) is 5. The average molecular weight is 344 g/mol. The van der Waals surface area contributed by atoms with Crippen LogP contribution in [-0.4, -0.2) is 55.9 Å². The van der Waals surface area contributed by atoms with Crippen molar-refractivity contribution < 1.29 is 9.53 Å². The van der Waals surface area contributed by atoms with Crippen molar-refractivity contribution in [2.45, 2.75) is 32.8 Å². The van der Waals surface area contributed by atoms with E-state index in [2.05, 4.69) is 21.2 Å². The fourth-order valence-corrected chi connectivity index (χ4v) is 2.86. The maximum atomic E-state index is 11.6. The highest BCUT2D eigenvalue weighted by Gasteiger charge is 2.19. The number of alkyl carbamates (subject to hydrolysis) is 1. The van der Waals surface area contributed by atoms with Crippen LogP contribution in [-0.2, 0) is 4.74 Å². The van der Waals surface area contributed by atoms with Gasteiger partial charge in [0.1, 0.15) is 11.7 Å². The maximum absolute atomic E-state index is 11.6. The van der Waals surface area contributed by atoms with Gasteiger partial charge >= 0.3 is 6.09 Å². The molecule has 1 amide bonds. The first-order chi connectivity index (χ1) is 11.9. The number of piperazine rings is 1. The van der Waals surface area contributed by atoms with E-state index in [1.165, 1.54) is 0 Å². The van der Waals surface area contributed by atoms with Crippen LogP contribution in [0.1, 0.15) is 32.8 Å². The average Bonchev–Trinajstić information content (AvgIpc) is 2.58. The molecule has 0 bridgehead atoms. The molecule has 1 fully saturated rings. The molecule has 1 aliphatic rings. The number of carbonyl (C=O) groups excluding carboxylic acids is 1. The molecule has 6 heteroatoms. The van der Waals surface area contributed by atoms with E-state index in [1.807, 2.05) is 45.0 Å². The Morgan fingerprint density at radius 1 is 1.24 bits per heavy atom. The molecule has 1 saturated heterocycles. The van der Waals surface area contributed by atoms with Crippen LogP contribution in [0, 0.1) is 11.3 Å². The summed E-state index contributed by atoms with van der Waals surface area (Å²) in [6, 6.07) is 10.0. The molecule has 1 aliphatic heterocycles. The third-order valence-corrected chi connectivity index (χ3v) is 4.06. The summed E-state index contributed by atoms with van der Waals surface area (Å²) in [6.07, 6.45) is 0.541. The number of ether oxygens (including phenoxy) is 1. The minimum Gasteiger partial charge on any atom is -0.444 e. The lowest BCUT2D eigenvalue weighted by molar-refractivity contribution is 0.0525. The van der Waals surface area contributed by atoms with Gasteiger partial charge in [-0.1, -0.05) is 12.1 Å². The van der Waals surface area contributed by atoms with Crippen LogP contribution < -0.4 is 10.2 Å². The summed E-state index contributed by atoms with van der Waals surface area (Å²) in [4.78, 5) is 16.3. The fraction of sp³-hybridized carbons (Fsp3) is 0.579. The minimum absolute atomic E-state index is 0.356. The van der Waals surface area contributed by atoms with Crippen LogP contribution >= 0.6 is 0 Å². The monoisotopic (exact) mass is 344 g/mol. The molecule has 0 atom stereocenters. The van der Waals surface area contributed by atoms with Gasteiger partial charge in [-0.05, 0) is 45.9 Å². The molecule has 25 heavy (non-hydrogen) atoms. The van der Waals surface area contributed by atoms with Gasteiger partial charge in [-0.25, -0.2) is 4.79 Å². The Kier molecular flexibility index (Phi) is 6.65. The number of anilines is 1. The van der Waals surface area contributed by atoms with Crippen LogP contribution in [0.4, 0.5) is 10.5 Å². The van der Waals surface area contributed by atoms with Crippen LogP contribution in [0.25, 0.3) is 0 Å². The van der Waals surface area contributed by atoms with E-state index in [4.69, 9.17) is 4.74 Å². The van der Waals surface area contributed by atoms with E-state index in [9.17, 15) is 10.1 Å². The molecule has 0 spiro atoms. The van der Waals surface area contributed by atoms with Crippen molar-refractivity contribution >= 4 is 11.8 Å². The van der Waals surface area contributed by atoms with E-state index in [1.54, 1.807) is 0 Å². The maximum Gasteiger partial charge on any atom is 0.407 e. The van der Waals surface area contributed by atoms with Gasteiger partial charge in [-0.15, -0.1) is 0 Å². The van der Waals surface area contributed by atoms with Gasteiger partial charge in [0, 0.05) is 32.7 Å². The topological polar surface area (TPSA) is 68.6 Å². The molecule has 0 aromatic heterocycles. The Morgan fingerprint density at radius 2 is 1.92 bits per heavy atom. The summed E-state index contributed by atoms with van der Waals surface area (Å²) in [5, 5.41) is 12.0. The molecule has 136 valence electrons. The number of carbonyl (C=O) groups is 1. The highest BCUT2D eigenvalue weighted by atomic mass is 16.6. The Hall–Kier alpha value is -2.26. The van der Waals surface area contributed by atoms with Gasteiger partial charge in [-0.2, -0.15) is 5.26 Å². The molecule has 0 aliphatic carbocycles. The second kappa shape index (κ2) is 8.72. The summed E-state index contributed by atoms with van der Waals surface area (Å²) in [5.74, 6) is 0. The Bertz CT molecular complexity index is 611. The standard InChI is InChI=1S/C19H28N4O2/c1-19(2,3)25-18(24)21-9-6-10-22-11-13-23(14-12-22)17-8-5-4-7-16(17)15-20/h4-5,7-8H,6,9-14H2,1-3H3,(H,21,24). The normalized spacial score (nSPS) is 15.5. The molecule has 1 N–H and O–H groups in total. The van der Waals surface area contributed by atoms with E-state index < -0.39 is 5.60 Å². The van der Waals surface area contributed by atoms with Crippen molar-refractivity contribution in [1.82, 2.24) is 10.2 Å². The predicted molar refractivity (Wildman–Crippen MR) is 98.7 cm³/mol. The first-order valence-electron chi connectivity index (χ1n) is 8.82. The number of amides is 1. The second-order valence-corrected chi connectivity index (χ2v) is 7.24. The van der Waals surface area contributed by atoms with Crippen LogP contribution in [0.3, 0.4) is 0 Å². The van der Waals surface area contributed by atoms with Crippen molar-refractivity contribution in [2.24, 2.45) is 0 Å². The first kappa shape index (κ1) is 19.1. The molecule has 1 aromatic carbocycles. The third kappa shape index (κ3) is 6.28. The van der Waals surface area contributed by atoms with Gasteiger partial charge in [0.25, 0.3) is 0 Å². The van der Waals surface area contributed by atoms with Gasteiger partial charge in [0.05, 0.1) is 11.3 Å². The van der Waals surface area contributed by atoms with E-state index in [-0.39, 0.29) is 6.09 Å². The number of para-hydroxylation sites is 1. The number of nitriles is 1. The smallest absolute Gasteiger partial charge is 0.407 e. The zero-order valence-electron chi connectivity index (χ0n) is 15.4. The van der Waals surface area contributed by atoms with Crippen LogP contribution in [0.5, 0.6) is 0 Å². The molecule has 6 nitrogen and oxygen atoms in total. The molecule has 2 rings (SSSR count). The molecule has 1 aromatic rings. The number of rotatable bonds is 5. The lowest BCUT2D eigenvalue weighted by Gasteiger charge is -2.36. The number of nitrogens with one attached hydrogen (secondary N) is 1. The molecule has 0 unspecified atom stereocenters. The highest BCUT2D eigenvalue weighted by molar-refractivity contribution is 5.67. The lowest BCUT2D eigenvalue weighted by Crippen LogP contribution is -2.47. The summed E-state index contributed by atoms with van der Waals surface area (Å²) in [6.45, 7) is 10.9. The van der Waals surface area contributed by atoms with Crippen molar-refractivity contribution in [3.05, 3.63) is 29.8 Å². The van der Waals surface area contributed by atoms with E-state index >= 15 is 0 Å². The minimum atomic E-state index is -0.458. The summed E-state index contributed by atoms with van der Waals surface area (Å²) < 4.78 is 5.22. The van der Waals surface area contributed by atoms with Crippen molar-refractivity contribution in [3.63, 3.8) is 0 Å². The first-order valence-corrected chi connectivity index (χ1v) is 8.82. The quantitative estimate of drug-likeness (QED) is 0.832. The van der Waals surface area contributed by atoms with Gasteiger partial charge in [-0.3, -0.25) is 4.90 Å². The summed E-state index contributed by atoms with van der Waals surface area (Å²) >= 11 is 0. The molecule has 0 saturated carbocycles. The van der Waals surface area contributed by atoms with E-state index in [0.717, 1.165) is 50.4 Å². The Morgan fingerprint density at radius 3 is 2.56 bits per heavy atom. The number of hydrogen-bond donors (Lipinski definition) is 1. The fourth-order valence-electron chi connectivity index (χ4n) is 2.86. The largest absolute Gasteiger partial charge is 0.444 e. The zero-order chi connectivity index (χ0) is 18.3. The number of benzene rings is 1. The van der Waals surface area contributed by atoms with Crippen LogP contribution in [0.15, 0.2) is 24.3 Å². The highest BCUT2D eigenvalue weighted by Crippen LogP contribution is 2.21.